The molecule has 1 saturated heterocycles. The van der Waals surface area contributed by atoms with E-state index in [9.17, 15) is 9.18 Å². The highest BCUT2D eigenvalue weighted by molar-refractivity contribution is 5.85. The molecule has 1 unspecified atom stereocenters. The largest absolute Gasteiger partial charge is 0.493 e. The first-order valence-electron chi connectivity index (χ1n) is 7.12. The van der Waals surface area contributed by atoms with Crippen molar-refractivity contribution in [2.75, 3.05) is 19.7 Å². The molecule has 0 bridgehead atoms. The standard InChI is InChI=1S/C15H21FN2O2.ClH/c16-12-4-1-6-14(10-12)20-9-3-7-15(19)18-13-5-2-8-17-11-13;/h1,4,6,10,13,17H,2-3,5,7-9,11H2,(H,18,19);1H. The summed E-state index contributed by atoms with van der Waals surface area (Å²) in [7, 11) is 0. The molecule has 1 heterocycles. The van der Waals surface area contributed by atoms with E-state index in [4.69, 9.17) is 4.74 Å². The third kappa shape index (κ3) is 6.78. The van der Waals surface area contributed by atoms with Gasteiger partial charge in [0, 0.05) is 25.1 Å². The fourth-order valence-electron chi connectivity index (χ4n) is 2.25. The first kappa shape index (κ1) is 17.7. The summed E-state index contributed by atoms with van der Waals surface area (Å²) < 4.78 is 18.3. The van der Waals surface area contributed by atoms with E-state index in [1.165, 1.54) is 12.1 Å². The number of amides is 1. The number of hydrogen-bond acceptors (Lipinski definition) is 3. The number of benzene rings is 1. The Morgan fingerprint density at radius 3 is 3.05 bits per heavy atom. The topological polar surface area (TPSA) is 50.4 Å². The van der Waals surface area contributed by atoms with Crippen LogP contribution < -0.4 is 15.4 Å². The molecule has 1 aliphatic heterocycles. The van der Waals surface area contributed by atoms with E-state index in [1.807, 2.05) is 0 Å². The number of rotatable bonds is 6. The first-order valence-corrected chi connectivity index (χ1v) is 7.12. The van der Waals surface area contributed by atoms with E-state index in [0.717, 1.165) is 25.9 Å². The fraction of sp³-hybridized carbons (Fsp3) is 0.533. The Morgan fingerprint density at radius 1 is 1.48 bits per heavy atom. The zero-order valence-electron chi connectivity index (χ0n) is 11.9. The number of hydrogen-bond donors (Lipinski definition) is 2. The van der Waals surface area contributed by atoms with Crippen LogP contribution in [0.3, 0.4) is 0 Å². The zero-order chi connectivity index (χ0) is 14.2. The summed E-state index contributed by atoms with van der Waals surface area (Å²) in [6.07, 6.45) is 3.21. The highest BCUT2D eigenvalue weighted by atomic mass is 35.5. The van der Waals surface area contributed by atoms with Gasteiger partial charge in [-0.1, -0.05) is 6.07 Å². The van der Waals surface area contributed by atoms with Gasteiger partial charge in [-0.05, 0) is 37.9 Å². The molecular weight excluding hydrogens is 295 g/mol. The normalized spacial score (nSPS) is 17.7. The van der Waals surface area contributed by atoms with Gasteiger partial charge in [0.25, 0.3) is 0 Å². The molecule has 0 aliphatic carbocycles. The van der Waals surface area contributed by atoms with Gasteiger partial charge in [-0.25, -0.2) is 4.39 Å². The van der Waals surface area contributed by atoms with Crippen molar-refractivity contribution in [2.24, 2.45) is 0 Å². The van der Waals surface area contributed by atoms with E-state index in [1.54, 1.807) is 12.1 Å². The second-order valence-corrected chi connectivity index (χ2v) is 5.02. The summed E-state index contributed by atoms with van der Waals surface area (Å²) in [6, 6.07) is 6.27. The zero-order valence-corrected chi connectivity index (χ0v) is 12.8. The minimum atomic E-state index is -0.315. The molecule has 0 radical (unpaired) electrons. The van der Waals surface area contributed by atoms with Gasteiger partial charge in [0.05, 0.1) is 6.61 Å². The second kappa shape index (κ2) is 9.58. The second-order valence-electron chi connectivity index (χ2n) is 5.02. The molecule has 1 atom stereocenters. The van der Waals surface area contributed by atoms with Crippen LogP contribution in [-0.4, -0.2) is 31.6 Å². The van der Waals surface area contributed by atoms with Crippen molar-refractivity contribution in [2.45, 2.75) is 31.7 Å². The lowest BCUT2D eigenvalue weighted by atomic mass is 10.1. The average molecular weight is 317 g/mol. The molecule has 0 saturated carbocycles. The first-order chi connectivity index (χ1) is 9.74. The van der Waals surface area contributed by atoms with E-state index in [2.05, 4.69) is 10.6 Å². The lowest BCUT2D eigenvalue weighted by molar-refractivity contribution is -0.122. The van der Waals surface area contributed by atoms with Gasteiger partial charge in [-0.3, -0.25) is 4.79 Å². The molecule has 1 aromatic rings. The van der Waals surface area contributed by atoms with E-state index < -0.39 is 0 Å². The Labute approximate surface area is 130 Å². The molecular formula is C15H22ClFN2O2. The van der Waals surface area contributed by atoms with E-state index >= 15 is 0 Å². The maximum Gasteiger partial charge on any atom is 0.220 e. The summed E-state index contributed by atoms with van der Waals surface area (Å²) in [5, 5.41) is 6.27. The summed E-state index contributed by atoms with van der Waals surface area (Å²) in [6.45, 7) is 2.30. The lowest BCUT2D eigenvalue weighted by Crippen LogP contribution is -2.45. The highest BCUT2D eigenvalue weighted by Gasteiger charge is 2.14. The predicted octanol–water partition coefficient (Wildman–Crippen LogP) is 2.27. The molecule has 4 nitrogen and oxygen atoms in total. The van der Waals surface area contributed by atoms with Gasteiger partial charge < -0.3 is 15.4 Å². The van der Waals surface area contributed by atoms with Crippen LogP contribution in [0.4, 0.5) is 4.39 Å². The number of carbonyl (C=O) groups excluding carboxylic acids is 1. The van der Waals surface area contributed by atoms with Gasteiger partial charge in [-0.15, -0.1) is 12.4 Å². The highest BCUT2D eigenvalue weighted by Crippen LogP contribution is 2.12. The Kier molecular flexibility index (Phi) is 8.08. The van der Waals surface area contributed by atoms with Crippen molar-refractivity contribution in [3.05, 3.63) is 30.1 Å². The van der Waals surface area contributed by atoms with Crippen molar-refractivity contribution in [1.82, 2.24) is 10.6 Å². The number of piperidine rings is 1. The van der Waals surface area contributed by atoms with Crippen LogP contribution in [0.1, 0.15) is 25.7 Å². The minimum Gasteiger partial charge on any atom is -0.493 e. The van der Waals surface area contributed by atoms with Gasteiger partial charge in [0.2, 0.25) is 5.91 Å². The molecule has 118 valence electrons. The number of carbonyl (C=O) groups is 1. The number of nitrogens with one attached hydrogen (secondary N) is 2. The van der Waals surface area contributed by atoms with Gasteiger partial charge in [-0.2, -0.15) is 0 Å². The van der Waals surface area contributed by atoms with Crippen LogP contribution in [0.2, 0.25) is 0 Å². The Bertz CT molecular complexity index is 439. The molecule has 1 amide bonds. The minimum absolute atomic E-state index is 0. The summed E-state index contributed by atoms with van der Waals surface area (Å²) >= 11 is 0. The molecule has 1 aromatic carbocycles. The third-order valence-corrected chi connectivity index (χ3v) is 3.27. The van der Waals surface area contributed by atoms with Gasteiger partial charge in [0.15, 0.2) is 0 Å². The van der Waals surface area contributed by atoms with Crippen LogP contribution in [0.15, 0.2) is 24.3 Å². The van der Waals surface area contributed by atoms with Crippen LogP contribution in [0.5, 0.6) is 5.75 Å². The third-order valence-electron chi connectivity index (χ3n) is 3.27. The lowest BCUT2D eigenvalue weighted by Gasteiger charge is -2.23. The smallest absolute Gasteiger partial charge is 0.220 e. The Morgan fingerprint density at radius 2 is 2.33 bits per heavy atom. The van der Waals surface area contributed by atoms with Crippen LogP contribution >= 0.6 is 12.4 Å². The van der Waals surface area contributed by atoms with Crippen molar-refractivity contribution in [3.8, 4) is 5.75 Å². The van der Waals surface area contributed by atoms with E-state index in [0.29, 0.717) is 25.2 Å². The van der Waals surface area contributed by atoms with Crippen molar-refractivity contribution >= 4 is 18.3 Å². The van der Waals surface area contributed by atoms with Crippen molar-refractivity contribution in [1.29, 1.82) is 0 Å². The summed E-state index contributed by atoms with van der Waals surface area (Å²) in [4.78, 5) is 11.7. The Balaban J connectivity index is 0.00000220. The molecule has 1 aliphatic rings. The van der Waals surface area contributed by atoms with E-state index in [-0.39, 0.29) is 30.2 Å². The van der Waals surface area contributed by atoms with Crippen LogP contribution in [0, 0.1) is 5.82 Å². The molecule has 1 fully saturated rings. The molecule has 2 N–H and O–H groups in total. The number of halogens is 2. The maximum atomic E-state index is 12.9. The fourth-order valence-corrected chi connectivity index (χ4v) is 2.25. The average Bonchev–Trinajstić information content (AvgIpc) is 2.45. The summed E-state index contributed by atoms with van der Waals surface area (Å²) in [5.41, 5.74) is 0. The van der Waals surface area contributed by atoms with Crippen LogP contribution in [-0.2, 0) is 4.79 Å². The predicted molar refractivity (Wildman–Crippen MR) is 82.4 cm³/mol. The van der Waals surface area contributed by atoms with Gasteiger partial charge in [0.1, 0.15) is 11.6 Å². The Hall–Kier alpha value is -1.33. The molecule has 21 heavy (non-hydrogen) atoms. The van der Waals surface area contributed by atoms with Crippen LogP contribution in [0.25, 0.3) is 0 Å². The SMILES string of the molecule is Cl.O=C(CCCOc1cccc(F)c1)NC1CCCNC1. The quantitative estimate of drug-likeness (QED) is 0.792. The molecule has 0 spiro atoms. The van der Waals surface area contributed by atoms with Crippen molar-refractivity contribution < 1.29 is 13.9 Å². The monoisotopic (exact) mass is 316 g/mol. The molecule has 2 rings (SSSR count). The molecule has 6 heteroatoms. The van der Waals surface area contributed by atoms with Crippen molar-refractivity contribution in [3.63, 3.8) is 0 Å². The molecule has 0 aromatic heterocycles. The number of ether oxygens (including phenoxy) is 1. The maximum absolute atomic E-state index is 12.9. The van der Waals surface area contributed by atoms with Gasteiger partial charge >= 0.3 is 0 Å². The summed E-state index contributed by atoms with van der Waals surface area (Å²) in [5.74, 6) is 0.244.